The van der Waals surface area contributed by atoms with E-state index < -0.39 is 0 Å². The summed E-state index contributed by atoms with van der Waals surface area (Å²) in [6.07, 6.45) is 0.734. The minimum absolute atomic E-state index is 0.131. The minimum Gasteiger partial charge on any atom is -0.385 e. The van der Waals surface area contributed by atoms with Crippen LogP contribution in [0.15, 0.2) is 30.3 Å². The maximum atomic E-state index is 12.2. The summed E-state index contributed by atoms with van der Waals surface area (Å²) in [5.74, 6) is -0.0520. The second-order valence-corrected chi connectivity index (χ2v) is 5.70. The molecule has 1 aromatic carbocycles. The van der Waals surface area contributed by atoms with Crippen LogP contribution < -0.4 is 16.0 Å². The molecule has 0 bridgehead atoms. The predicted octanol–water partition coefficient (Wildman–Crippen LogP) is 2.25. The van der Waals surface area contributed by atoms with Crippen LogP contribution in [-0.4, -0.2) is 42.0 Å². The van der Waals surface area contributed by atoms with E-state index in [0.717, 1.165) is 12.1 Å². The molecule has 8 nitrogen and oxygen atoms in total. The van der Waals surface area contributed by atoms with Crippen LogP contribution >= 0.6 is 0 Å². The molecule has 2 rings (SSSR count). The van der Waals surface area contributed by atoms with Gasteiger partial charge in [0.2, 0.25) is 11.9 Å². The zero-order chi connectivity index (χ0) is 18.9. The molecular formula is C18H23N5O3. The van der Waals surface area contributed by atoms with Gasteiger partial charge in [-0.15, -0.1) is 0 Å². The molecule has 0 fully saturated rings. The van der Waals surface area contributed by atoms with Gasteiger partial charge in [-0.1, -0.05) is 0 Å². The molecule has 1 aromatic heterocycles. The summed E-state index contributed by atoms with van der Waals surface area (Å²) in [7, 11) is 1.62. The highest BCUT2D eigenvalue weighted by Crippen LogP contribution is 2.17. The molecule has 0 aliphatic heterocycles. The predicted molar refractivity (Wildman–Crippen MR) is 99.6 cm³/mol. The van der Waals surface area contributed by atoms with Gasteiger partial charge >= 0.3 is 0 Å². The van der Waals surface area contributed by atoms with Crippen LogP contribution in [0.2, 0.25) is 0 Å². The van der Waals surface area contributed by atoms with Crippen molar-refractivity contribution in [3.05, 3.63) is 41.7 Å². The van der Waals surface area contributed by atoms with Crippen molar-refractivity contribution in [2.45, 2.75) is 20.3 Å². The van der Waals surface area contributed by atoms with Crippen LogP contribution in [-0.2, 0) is 9.53 Å². The number of rotatable bonds is 8. The first-order chi connectivity index (χ1) is 12.5. The van der Waals surface area contributed by atoms with Crippen LogP contribution in [0.4, 0.5) is 17.3 Å². The molecule has 0 atom stereocenters. The summed E-state index contributed by atoms with van der Waals surface area (Å²) in [5, 5.41) is 8.56. The van der Waals surface area contributed by atoms with Crippen molar-refractivity contribution in [3.8, 4) is 0 Å². The van der Waals surface area contributed by atoms with E-state index >= 15 is 0 Å². The van der Waals surface area contributed by atoms with Gasteiger partial charge in [0.15, 0.2) is 0 Å². The van der Waals surface area contributed by atoms with Gasteiger partial charge in [-0.25, -0.2) is 9.97 Å². The van der Waals surface area contributed by atoms with Crippen LogP contribution in [0.5, 0.6) is 0 Å². The maximum Gasteiger partial charge on any atom is 0.270 e. The van der Waals surface area contributed by atoms with Crippen molar-refractivity contribution in [2.24, 2.45) is 0 Å². The van der Waals surface area contributed by atoms with E-state index in [1.807, 2.05) is 0 Å². The zero-order valence-electron chi connectivity index (χ0n) is 15.1. The number of aromatic nitrogens is 2. The van der Waals surface area contributed by atoms with E-state index in [2.05, 4.69) is 25.9 Å². The molecule has 138 valence electrons. The number of amides is 2. The molecule has 26 heavy (non-hydrogen) atoms. The fraction of sp³-hybridized carbons (Fsp3) is 0.333. The number of carbonyl (C=O) groups excluding carboxylic acids is 2. The minimum atomic E-state index is -0.254. The molecule has 0 radical (unpaired) electrons. The van der Waals surface area contributed by atoms with E-state index in [-0.39, 0.29) is 11.8 Å². The molecule has 0 aliphatic carbocycles. The number of carbonyl (C=O) groups is 2. The van der Waals surface area contributed by atoms with Crippen LogP contribution in [0.3, 0.4) is 0 Å². The lowest BCUT2D eigenvalue weighted by Gasteiger charge is -2.09. The number of methoxy groups -OCH3 is 1. The standard InChI is InChI=1S/C18H23N5O3/c1-12-11-16(17(25)19-9-4-10-26-3)23-18(20-12)22-15-7-5-14(6-8-15)21-13(2)24/h5-8,11H,4,9-10H2,1-3H3,(H,19,25)(H,21,24)(H,20,22,23). The fourth-order valence-electron chi connectivity index (χ4n) is 2.22. The van der Waals surface area contributed by atoms with Crippen molar-refractivity contribution < 1.29 is 14.3 Å². The number of aryl methyl sites for hydroxylation is 1. The molecule has 0 saturated carbocycles. The van der Waals surface area contributed by atoms with Crippen molar-refractivity contribution >= 4 is 29.1 Å². The van der Waals surface area contributed by atoms with E-state index in [1.54, 1.807) is 44.4 Å². The summed E-state index contributed by atoms with van der Waals surface area (Å²) in [6.45, 7) is 4.36. The van der Waals surface area contributed by atoms with Gasteiger partial charge in [0.25, 0.3) is 5.91 Å². The van der Waals surface area contributed by atoms with Crippen LogP contribution in [0.1, 0.15) is 29.5 Å². The van der Waals surface area contributed by atoms with E-state index in [9.17, 15) is 9.59 Å². The van der Waals surface area contributed by atoms with Crippen LogP contribution in [0.25, 0.3) is 0 Å². The summed E-state index contributed by atoms with van der Waals surface area (Å²) in [5.41, 5.74) is 2.42. The Hall–Kier alpha value is -3.00. The molecule has 0 saturated heterocycles. The van der Waals surface area contributed by atoms with E-state index in [4.69, 9.17) is 4.74 Å². The third-order valence-electron chi connectivity index (χ3n) is 3.36. The van der Waals surface area contributed by atoms with Crippen molar-refractivity contribution in [2.75, 3.05) is 30.9 Å². The number of benzene rings is 1. The third-order valence-corrected chi connectivity index (χ3v) is 3.36. The normalized spacial score (nSPS) is 10.3. The van der Waals surface area contributed by atoms with Gasteiger partial charge < -0.3 is 20.7 Å². The quantitative estimate of drug-likeness (QED) is 0.626. The van der Waals surface area contributed by atoms with Crippen molar-refractivity contribution in [1.82, 2.24) is 15.3 Å². The average Bonchev–Trinajstić information content (AvgIpc) is 2.59. The molecule has 2 amide bonds. The first-order valence-electron chi connectivity index (χ1n) is 8.25. The summed E-state index contributed by atoms with van der Waals surface area (Å²) in [6, 6.07) is 8.76. The van der Waals surface area contributed by atoms with E-state index in [0.29, 0.717) is 36.2 Å². The van der Waals surface area contributed by atoms with Crippen molar-refractivity contribution in [3.63, 3.8) is 0 Å². The van der Waals surface area contributed by atoms with E-state index in [1.165, 1.54) is 6.92 Å². The number of nitrogens with zero attached hydrogens (tertiary/aromatic N) is 2. The monoisotopic (exact) mass is 357 g/mol. The SMILES string of the molecule is COCCCNC(=O)c1cc(C)nc(Nc2ccc(NC(C)=O)cc2)n1. The highest BCUT2D eigenvalue weighted by Gasteiger charge is 2.10. The largest absolute Gasteiger partial charge is 0.385 e. The Kier molecular flexibility index (Phi) is 7.04. The number of anilines is 3. The lowest BCUT2D eigenvalue weighted by Crippen LogP contribution is -2.26. The second-order valence-electron chi connectivity index (χ2n) is 5.70. The Morgan fingerprint density at radius 1 is 1.12 bits per heavy atom. The molecule has 0 aliphatic rings. The van der Waals surface area contributed by atoms with Gasteiger partial charge in [-0.3, -0.25) is 9.59 Å². The maximum absolute atomic E-state index is 12.2. The average molecular weight is 357 g/mol. The summed E-state index contributed by atoms with van der Waals surface area (Å²) in [4.78, 5) is 31.8. The molecule has 0 spiro atoms. The summed E-state index contributed by atoms with van der Waals surface area (Å²) < 4.78 is 4.95. The number of nitrogens with one attached hydrogen (secondary N) is 3. The Balaban J connectivity index is 2.04. The smallest absolute Gasteiger partial charge is 0.270 e. The second kappa shape index (κ2) is 9.47. The molecule has 1 heterocycles. The third kappa shape index (κ3) is 6.14. The molecule has 0 unspecified atom stereocenters. The van der Waals surface area contributed by atoms with Gasteiger partial charge in [0.1, 0.15) is 5.69 Å². The first kappa shape index (κ1) is 19.3. The Labute approximate surface area is 152 Å². The Morgan fingerprint density at radius 3 is 2.46 bits per heavy atom. The lowest BCUT2D eigenvalue weighted by atomic mass is 10.2. The van der Waals surface area contributed by atoms with Gasteiger partial charge in [-0.2, -0.15) is 0 Å². The summed E-state index contributed by atoms with van der Waals surface area (Å²) >= 11 is 0. The fourth-order valence-corrected chi connectivity index (χ4v) is 2.22. The number of ether oxygens (including phenoxy) is 1. The Bertz CT molecular complexity index is 762. The molecule has 3 N–H and O–H groups in total. The van der Waals surface area contributed by atoms with Gasteiger partial charge in [-0.05, 0) is 43.7 Å². The topological polar surface area (TPSA) is 105 Å². The number of hydrogen-bond acceptors (Lipinski definition) is 6. The molecule has 8 heteroatoms. The molecule has 2 aromatic rings. The van der Waals surface area contributed by atoms with Crippen LogP contribution in [0, 0.1) is 6.92 Å². The molecular weight excluding hydrogens is 334 g/mol. The van der Waals surface area contributed by atoms with Crippen molar-refractivity contribution in [1.29, 1.82) is 0 Å². The highest BCUT2D eigenvalue weighted by atomic mass is 16.5. The zero-order valence-corrected chi connectivity index (χ0v) is 15.1. The number of hydrogen-bond donors (Lipinski definition) is 3. The first-order valence-corrected chi connectivity index (χ1v) is 8.25. The van der Waals surface area contributed by atoms with Gasteiger partial charge in [0, 0.05) is 44.3 Å². The highest BCUT2D eigenvalue weighted by molar-refractivity contribution is 5.92. The van der Waals surface area contributed by atoms with Gasteiger partial charge in [0.05, 0.1) is 0 Å². The lowest BCUT2D eigenvalue weighted by molar-refractivity contribution is -0.114. The Morgan fingerprint density at radius 2 is 1.81 bits per heavy atom.